The van der Waals surface area contributed by atoms with E-state index in [0.29, 0.717) is 23.7 Å². The van der Waals surface area contributed by atoms with Gasteiger partial charge in [0.05, 0.1) is 12.2 Å². The molecule has 2 aromatic rings. The molecule has 1 aromatic carbocycles. The van der Waals surface area contributed by atoms with Crippen molar-refractivity contribution in [1.29, 1.82) is 0 Å². The molecule has 0 radical (unpaired) electrons. The minimum atomic E-state index is -1.92. The van der Waals surface area contributed by atoms with Gasteiger partial charge < -0.3 is 8.84 Å². The van der Waals surface area contributed by atoms with Crippen molar-refractivity contribution in [3.63, 3.8) is 0 Å². The van der Waals surface area contributed by atoms with Gasteiger partial charge in [0.1, 0.15) is 11.5 Å². The SMILES string of the molecule is Cc1cc(=O)c(-c2ccc(Br)cc2)c(CO[Si](C)(C)C(C)(C)C)o1. The molecule has 24 heavy (non-hydrogen) atoms. The van der Waals surface area contributed by atoms with E-state index in [9.17, 15) is 4.79 Å². The molecule has 0 atom stereocenters. The zero-order chi connectivity index (χ0) is 18.1. The summed E-state index contributed by atoms with van der Waals surface area (Å²) in [5, 5.41) is 0.106. The Labute approximate surface area is 153 Å². The fraction of sp³-hybridized carbons (Fsp3) is 0.421. The van der Waals surface area contributed by atoms with Gasteiger partial charge in [0.15, 0.2) is 13.7 Å². The van der Waals surface area contributed by atoms with E-state index in [1.165, 1.54) is 6.07 Å². The number of rotatable bonds is 4. The molecule has 0 N–H and O–H groups in total. The van der Waals surface area contributed by atoms with E-state index in [4.69, 9.17) is 8.84 Å². The van der Waals surface area contributed by atoms with Gasteiger partial charge in [0.25, 0.3) is 0 Å². The van der Waals surface area contributed by atoms with Crippen molar-refractivity contribution in [2.24, 2.45) is 0 Å². The molecule has 0 aliphatic carbocycles. The second kappa shape index (κ2) is 6.98. The summed E-state index contributed by atoms with van der Waals surface area (Å²) in [7, 11) is -1.92. The first kappa shape index (κ1) is 19.2. The lowest BCUT2D eigenvalue weighted by molar-refractivity contribution is 0.241. The minimum Gasteiger partial charge on any atom is -0.463 e. The van der Waals surface area contributed by atoms with Crippen LogP contribution in [0.5, 0.6) is 0 Å². The van der Waals surface area contributed by atoms with E-state index >= 15 is 0 Å². The largest absolute Gasteiger partial charge is 0.463 e. The Morgan fingerprint density at radius 2 is 1.75 bits per heavy atom. The van der Waals surface area contributed by atoms with Crippen LogP contribution in [0, 0.1) is 6.92 Å². The number of aryl methyl sites for hydroxylation is 1. The van der Waals surface area contributed by atoms with Crippen LogP contribution in [0.4, 0.5) is 0 Å². The summed E-state index contributed by atoms with van der Waals surface area (Å²) in [6.07, 6.45) is 0. The average Bonchev–Trinajstić information content (AvgIpc) is 2.45. The van der Waals surface area contributed by atoms with Gasteiger partial charge in [-0.05, 0) is 42.8 Å². The quantitative estimate of drug-likeness (QED) is 0.591. The van der Waals surface area contributed by atoms with E-state index in [1.807, 2.05) is 24.3 Å². The maximum absolute atomic E-state index is 12.6. The molecule has 0 amide bonds. The predicted molar refractivity (Wildman–Crippen MR) is 105 cm³/mol. The van der Waals surface area contributed by atoms with Crippen molar-refractivity contribution in [1.82, 2.24) is 0 Å². The first-order valence-corrected chi connectivity index (χ1v) is 11.7. The van der Waals surface area contributed by atoms with Gasteiger partial charge in [0.2, 0.25) is 0 Å². The van der Waals surface area contributed by atoms with Crippen LogP contribution in [-0.4, -0.2) is 8.32 Å². The van der Waals surface area contributed by atoms with Crippen LogP contribution in [0.3, 0.4) is 0 Å². The number of halogens is 1. The van der Waals surface area contributed by atoms with Crippen LogP contribution in [0.15, 0.2) is 44.0 Å². The van der Waals surface area contributed by atoms with Crippen molar-refractivity contribution in [2.45, 2.75) is 52.4 Å². The Kier molecular flexibility index (Phi) is 5.57. The highest BCUT2D eigenvalue weighted by Gasteiger charge is 2.37. The molecule has 1 heterocycles. The van der Waals surface area contributed by atoms with Crippen molar-refractivity contribution in [3.8, 4) is 11.1 Å². The van der Waals surface area contributed by atoms with Crippen molar-refractivity contribution in [2.75, 3.05) is 0 Å². The number of benzene rings is 1. The fourth-order valence-electron chi connectivity index (χ4n) is 2.15. The van der Waals surface area contributed by atoms with Gasteiger partial charge in [-0.3, -0.25) is 4.79 Å². The number of hydrogen-bond acceptors (Lipinski definition) is 3. The summed E-state index contributed by atoms with van der Waals surface area (Å²) in [4.78, 5) is 12.6. The van der Waals surface area contributed by atoms with Crippen LogP contribution in [-0.2, 0) is 11.0 Å². The predicted octanol–water partition coefficient (Wildman–Crippen LogP) is 5.90. The van der Waals surface area contributed by atoms with E-state index in [-0.39, 0.29) is 10.5 Å². The van der Waals surface area contributed by atoms with E-state index < -0.39 is 8.32 Å². The first-order valence-electron chi connectivity index (χ1n) is 8.05. The van der Waals surface area contributed by atoms with Crippen molar-refractivity contribution in [3.05, 3.63) is 56.5 Å². The third-order valence-corrected chi connectivity index (χ3v) is 9.65. The molecule has 5 heteroatoms. The summed E-state index contributed by atoms with van der Waals surface area (Å²) in [5.41, 5.74) is 1.41. The zero-order valence-corrected chi connectivity index (χ0v) is 17.8. The molecular weight excluding hydrogens is 384 g/mol. The molecule has 2 rings (SSSR count). The summed E-state index contributed by atoms with van der Waals surface area (Å²) < 4.78 is 13.1. The summed E-state index contributed by atoms with van der Waals surface area (Å²) >= 11 is 3.42. The monoisotopic (exact) mass is 408 g/mol. The fourth-order valence-corrected chi connectivity index (χ4v) is 3.34. The number of hydrogen-bond donors (Lipinski definition) is 0. The maximum Gasteiger partial charge on any atom is 0.193 e. The normalized spacial score (nSPS) is 12.5. The molecule has 130 valence electrons. The molecule has 0 aliphatic heterocycles. The lowest BCUT2D eigenvalue weighted by atomic mass is 10.0. The Morgan fingerprint density at radius 1 is 1.17 bits per heavy atom. The second-order valence-corrected chi connectivity index (χ2v) is 13.3. The van der Waals surface area contributed by atoms with E-state index in [2.05, 4.69) is 49.8 Å². The van der Waals surface area contributed by atoms with Crippen LogP contribution in [0.1, 0.15) is 32.3 Å². The third kappa shape index (κ3) is 4.26. The third-order valence-electron chi connectivity index (χ3n) is 4.65. The Balaban J connectivity index is 2.43. The minimum absolute atomic E-state index is 0.0325. The van der Waals surface area contributed by atoms with Gasteiger partial charge in [-0.2, -0.15) is 0 Å². The second-order valence-electron chi connectivity index (χ2n) is 7.58. The Hall–Kier alpha value is -1.17. The van der Waals surface area contributed by atoms with E-state index in [1.54, 1.807) is 6.92 Å². The summed E-state index contributed by atoms with van der Waals surface area (Å²) in [6, 6.07) is 9.22. The van der Waals surface area contributed by atoms with E-state index in [0.717, 1.165) is 10.0 Å². The van der Waals surface area contributed by atoms with Crippen LogP contribution >= 0.6 is 15.9 Å². The zero-order valence-electron chi connectivity index (χ0n) is 15.2. The Bertz CT molecular complexity index is 771. The Morgan fingerprint density at radius 3 is 2.29 bits per heavy atom. The highest BCUT2D eigenvalue weighted by atomic mass is 79.9. The standard InChI is InChI=1S/C19H25BrO3Si/c1-13-11-16(21)18(14-7-9-15(20)10-8-14)17(23-13)12-22-24(5,6)19(2,3)4/h7-11H,12H2,1-6H3. The smallest absolute Gasteiger partial charge is 0.193 e. The van der Waals surface area contributed by atoms with Crippen LogP contribution in [0.2, 0.25) is 18.1 Å². The molecule has 0 saturated carbocycles. The summed E-state index contributed by atoms with van der Waals surface area (Å²) in [5.74, 6) is 1.21. The van der Waals surface area contributed by atoms with Crippen LogP contribution < -0.4 is 5.43 Å². The molecule has 0 spiro atoms. The molecule has 1 aromatic heterocycles. The first-order chi connectivity index (χ1) is 11.0. The van der Waals surface area contributed by atoms with Gasteiger partial charge in [0, 0.05) is 10.5 Å². The van der Waals surface area contributed by atoms with Crippen molar-refractivity contribution < 1.29 is 8.84 Å². The summed E-state index contributed by atoms with van der Waals surface area (Å²) in [6.45, 7) is 13.1. The highest BCUT2D eigenvalue weighted by Crippen LogP contribution is 2.37. The molecule has 0 bridgehead atoms. The van der Waals surface area contributed by atoms with Gasteiger partial charge >= 0.3 is 0 Å². The van der Waals surface area contributed by atoms with Gasteiger partial charge in [-0.1, -0.05) is 48.8 Å². The van der Waals surface area contributed by atoms with Crippen molar-refractivity contribution >= 4 is 24.2 Å². The van der Waals surface area contributed by atoms with Gasteiger partial charge in [-0.15, -0.1) is 0 Å². The maximum atomic E-state index is 12.6. The molecular formula is C19H25BrO3Si. The van der Waals surface area contributed by atoms with Gasteiger partial charge in [-0.25, -0.2) is 0 Å². The highest BCUT2D eigenvalue weighted by molar-refractivity contribution is 9.10. The lowest BCUT2D eigenvalue weighted by Crippen LogP contribution is -2.40. The van der Waals surface area contributed by atoms with Crippen LogP contribution in [0.25, 0.3) is 11.1 Å². The molecule has 0 fully saturated rings. The lowest BCUT2D eigenvalue weighted by Gasteiger charge is -2.36. The molecule has 0 aliphatic rings. The topological polar surface area (TPSA) is 39.4 Å². The average molecular weight is 409 g/mol. The molecule has 0 saturated heterocycles. The molecule has 0 unspecified atom stereocenters. The molecule has 3 nitrogen and oxygen atoms in total.